The van der Waals surface area contributed by atoms with Crippen molar-refractivity contribution >= 4 is 40.6 Å². The van der Waals surface area contributed by atoms with Gasteiger partial charge in [-0.2, -0.15) is 4.98 Å². The third-order valence-electron chi connectivity index (χ3n) is 6.67. The van der Waals surface area contributed by atoms with Gasteiger partial charge >= 0.3 is 11.9 Å². The van der Waals surface area contributed by atoms with Crippen LogP contribution >= 0.6 is 0 Å². The number of carboxylic acid groups (broad SMARTS) is 1. The molecule has 4 rings (SSSR count). The number of aliphatic hydroxyl groups is 5. The summed E-state index contributed by atoms with van der Waals surface area (Å²) >= 11 is 0. The van der Waals surface area contributed by atoms with Gasteiger partial charge in [-0.15, -0.1) is 0 Å². The second kappa shape index (κ2) is 13.0. The Morgan fingerprint density at radius 1 is 0.977 bits per heavy atom. The van der Waals surface area contributed by atoms with Gasteiger partial charge in [0.1, 0.15) is 36.6 Å². The molecule has 43 heavy (non-hydrogen) atoms. The van der Waals surface area contributed by atoms with Crippen molar-refractivity contribution in [2.45, 2.75) is 62.1 Å². The Morgan fingerprint density at radius 3 is 2.23 bits per heavy atom. The first kappa shape index (κ1) is 31.2. The summed E-state index contributed by atoms with van der Waals surface area (Å²) in [4.78, 5) is 63.4. The van der Waals surface area contributed by atoms with Crippen LogP contribution in [-0.4, -0.2) is 111 Å². The maximum atomic E-state index is 12.9. The number of nitrogen functional groups attached to an aromatic ring is 1. The summed E-state index contributed by atoms with van der Waals surface area (Å²) in [7, 11) is 0. The molecular weight excluding hydrogens is 574 g/mol. The van der Waals surface area contributed by atoms with E-state index >= 15 is 0 Å². The molecule has 2 aromatic heterocycles. The number of esters is 1. The lowest BCUT2D eigenvalue weighted by molar-refractivity contribution is -0.234. The Kier molecular flexibility index (Phi) is 9.46. The fourth-order valence-corrected chi connectivity index (χ4v) is 4.30. The minimum atomic E-state index is -1.98. The van der Waals surface area contributed by atoms with E-state index in [0.717, 1.165) is 0 Å². The number of carbonyl (C=O) groups is 3. The van der Waals surface area contributed by atoms with E-state index in [-0.39, 0.29) is 29.2 Å². The van der Waals surface area contributed by atoms with E-state index in [1.54, 1.807) is 0 Å². The standard InChI is InChI=1S/C25H29N7O11/c26-25-31-21-14(23(41)32-25)29-11(8-28-21)7-27-10-3-1-9(2-4-10)22(40)30-12(5-6-13(33)34)24(42)43-20-18(38)16(36)15(35)17(37)19(20)39/h1-4,8,12,15-20,27,35-39H,5-7H2,(H,30,40)(H,33,34)(H3,26,28,31,32,41). The number of benzene rings is 1. The maximum Gasteiger partial charge on any atom is 0.329 e. The molecule has 1 aliphatic carbocycles. The highest BCUT2D eigenvalue weighted by Crippen LogP contribution is 2.24. The number of hydrogen-bond acceptors (Lipinski definition) is 15. The van der Waals surface area contributed by atoms with E-state index in [1.165, 1.54) is 30.5 Å². The lowest BCUT2D eigenvalue weighted by Crippen LogP contribution is -2.65. The first-order valence-electron chi connectivity index (χ1n) is 12.8. The number of aromatic amines is 1. The van der Waals surface area contributed by atoms with Crippen molar-refractivity contribution in [1.29, 1.82) is 0 Å². The molecule has 5 atom stereocenters. The number of carbonyl (C=O) groups excluding carboxylic acids is 2. The van der Waals surface area contributed by atoms with E-state index in [9.17, 15) is 44.7 Å². The van der Waals surface area contributed by atoms with Gasteiger partial charge in [-0.05, 0) is 30.7 Å². The molecule has 1 amide bonds. The minimum Gasteiger partial charge on any atom is -0.481 e. The SMILES string of the molecule is Nc1nc2ncc(CNc3ccc(C(=O)NC(CCC(=O)O)C(=O)OC4C(O)C(O)C(O)C(O)C4O)cc3)nc2c(=O)[nH]1. The Labute approximate surface area is 241 Å². The normalized spacial score (nSPS) is 24.2. The van der Waals surface area contributed by atoms with Crippen LogP contribution < -0.4 is 21.9 Å². The number of nitrogens with one attached hydrogen (secondary N) is 3. The predicted molar refractivity (Wildman–Crippen MR) is 144 cm³/mol. The van der Waals surface area contributed by atoms with Crippen molar-refractivity contribution in [3.05, 3.63) is 52.1 Å². The topological polar surface area (TPSA) is 303 Å². The summed E-state index contributed by atoms with van der Waals surface area (Å²) in [6.07, 6.45) is -11.2. The smallest absolute Gasteiger partial charge is 0.329 e. The summed E-state index contributed by atoms with van der Waals surface area (Å²) in [6.45, 7) is 0.153. The van der Waals surface area contributed by atoms with E-state index in [4.69, 9.17) is 15.6 Å². The number of H-pyrrole nitrogens is 1. The van der Waals surface area contributed by atoms with Crippen molar-refractivity contribution < 1.29 is 49.8 Å². The summed E-state index contributed by atoms with van der Waals surface area (Å²) < 4.78 is 5.04. The van der Waals surface area contributed by atoms with Crippen LogP contribution in [0.1, 0.15) is 28.9 Å². The molecule has 18 heteroatoms. The number of hydrogen-bond donors (Lipinski definition) is 10. The second-order valence-corrected chi connectivity index (χ2v) is 9.73. The molecule has 1 aliphatic rings. The number of nitrogens with zero attached hydrogens (tertiary/aromatic N) is 3. The van der Waals surface area contributed by atoms with Crippen LogP contribution in [0.5, 0.6) is 0 Å². The molecule has 0 radical (unpaired) electrons. The van der Waals surface area contributed by atoms with E-state index in [1.807, 2.05) is 0 Å². The molecule has 0 bridgehead atoms. The average Bonchev–Trinajstić information content (AvgIpc) is 2.98. The number of anilines is 2. The number of amides is 1. The summed E-state index contributed by atoms with van der Waals surface area (Å²) in [6, 6.07) is 4.33. The Bertz CT molecular complexity index is 1530. The Hall–Kier alpha value is -4.75. The number of rotatable bonds is 10. The molecule has 5 unspecified atom stereocenters. The van der Waals surface area contributed by atoms with Gasteiger partial charge in [0.25, 0.3) is 11.5 Å². The van der Waals surface area contributed by atoms with Crippen molar-refractivity contribution in [1.82, 2.24) is 25.3 Å². The van der Waals surface area contributed by atoms with Gasteiger partial charge in [-0.25, -0.2) is 14.8 Å². The fraction of sp³-hybridized carbons (Fsp3) is 0.400. The number of aromatic nitrogens is 4. The number of nitrogens with two attached hydrogens (primary N) is 1. The van der Waals surface area contributed by atoms with Gasteiger partial charge in [-0.3, -0.25) is 19.4 Å². The van der Waals surface area contributed by atoms with Crippen molar-refractivity contribution in [2.24, 2.45) is 0 Å². The number of fused-ring (bicyclic) bond motifs is 1. The summed E-state index contributed by atoms with van der Waals surface area (Å²) in [5.74, 6) is -3.41. The zero-order chi connectivity index (χ0) is 31.4. The quantitative estimate of drug-likeness (QED) is 0.101. The molecule has 230 valence electrons. The minimum absolute atomic E-state index is 0.00829. The third kappa shape index (κ3) is 7.19. The van der Waals surface area contributed by atoms with Gasteiger partial charge in [-0.1, -0.05) is 0 Å². The highest BCUT2D eigenvalue weighted by Gasteiger charge is 2.50. The molecule has 1 aromatic carbocycles. The summed E-state index contributed by atoms with van der Waals surface area (Å²) in [5.41, 5.74) is 6.08. The zero-order valence-electron chi connectivity index (χ0n) is 22.2. The molecule has 0 spiro atoms. The van der Waals surface area contributed by atoms with Crippen LogP contribution in [0.2, 0.25) is 0 Å². The largest absolute Gasteiger partial charge is 0.481 e. The molecule has 3 aromatic rings. The lowest BCUT2D eigenvalue weighted by atomic mass is 9.85. The van der Waals surface area contributed by atoms with Crippen LogP contribution in [-0.2, 0) is 20.9 Å². The van der Waals surface area contributed by atoms with Crippen molar-refractivity contribution in [2.75, 3.05) is 11.1 Å². The first-order chi connectivity index (χ1) is 20.3. The second-order valence-electron chi connectivity index (χ2n) is 9.73. The third-order valence-corrected chi connectivity index (χ3v) is 6.67. The van der Waals surface area contributed by atoms with Crippen LogP contribution in [0.3, 0.4) is 0 Å². The number of carboxylic acids is 1. The highest BCUT2D eigenvalue weighted by atomic mass is 16.6. The van der Waals surface area contributed by atoms with Crippen LogP contribution in [0, 0.1) is 0 Å². The molecule has 2 heterocycles. The lowest BCUT2D eigenvalue weighted by Gasteiger charge is -2.41. The van der Waals surface area contributed by atoms with Crippen LogP contribution in [0.25, 0.3) is 11.2 Å². The van der Waals surface area contributed by atoms with Crippen molar-refractivity contribution in [3.8, 4) is 0 Å². The molecule has 11 N–H and O–H groups in total. The Morgan fingerprint density at radius 2 is 1.60 bits per heavy atom. The number of aliphatic carboxylic acids is 1. The zero-order valence-corrected chi connectivity index (χ0v) is 22.2. The van der Waals surface area contributed by atoms with E-state index < -0.39 is 78.9 Å². The molecule has 1 saturated carbocycles. The van der Waals surface area contributed by atoms with E-state index in [0.29, 0.717) is 11.4 Å². The Balaban J connectivity index is 1.40. The average molecular weight is 604 g/mol. The van der Waals surface area contributed by atoms with Gasteiger partial charge in [0.05, 0.1) is 18.4 Å². The van der Waals surface area contributed by atoms with Crippen LogP contribution in [0.4, 0.5) is 11.6 Å². The molecule has 0 aliphatic heterocycles. The highest BCUT2D eigenvalue weighted by molar-refractivity contribution is 5.97. The van der Waals surface area contributed by atoms with Gasteiger partial charge < -0.3 is 51.7 Å². The fourth-order valence-electron chi connectivity index (χ4n) is 4.30. The van der Waals surface area contributed by atoms with Crippen LogP contribution in [0.15, 0.2) is 35.3 Å². The number of aliphatic hydroxyl groups excluding tert-OH is 5. The molecule has 0 saturated heterocycles. The molecular formula is C25H29N7O11. The predicted octanol–water partition coefficient (Wildman–Crippen LogP) is -3.40. The summed E-state index contributed by atoms with van der Waals surface area (Å²) in [5, 5.41) is 64.2. The molecule has 18 nitrogen and oxygen atoms in total. The van der Waals surface area contributed by atoms with Gasteiger partial charge in [0, 0.05) is 17.7 Å². The van der Waals surface area contributed by atoms with Crippen molar-refractivity contribution in [3.63, 3.8) is 0 Å². The van der Waals surface area contributed by atoms with Gasteiger partial charge in [0.2, 0.25) is 5.95 Å². The van der Waals surface area contributed by atoms with E-state index in [2.05, 4.69) is 30.6 Å². The molecule has 1 fully saturated rings. The first-order valence-corrected chi connectivity index (χ1v) is 12.8. The number of ether oxygens (including phenoxy) is 1. The van der Waals surface area contributed by atoms with Gasteiger partial charge in [0.15, 0.2) is 17.3 Å². The monoisotopic (exact) mass is 603 g/mol. The maximum absolute atomic E-state index is 12.9.